The molecule has 7 aromatic rings. The molecule has 3 heterocycles. The van der Waals surface area contributed by atoms with Crippen molar-refractivity contribution in [3.8, 4) is 16.8 Å². The molecule has 0 bridgehead atoms. The molecule has 0 saturated carbocycles. The Morgan fingerprint density at radius 3 is 2.24 bits per heavy atom. The Balaban J connectivity index is 1.47. The molecule has 3 nitrogen and oxygen atoms in total. The maximum atomic E-state index is 4.30. The Morgan fingerprint density at radius 1 is 0.579 bits per heavy atom. The summed E-state index contributed by atoms with van der Waals surface area (Å²) in [5.41, 5.74) is 8.25. The van der Waals surface area contributed by atoms with Crippen molar-refractivity contribution >= 4 is 61.4 Å². The summed E-state index contributed by atoms with van der Waals surface area (Å²) in [7, 11) is 0. The Hall–Kier alpha value is -5.24. The summed E-state index contributed by atoms with van der Waals surface area (Å²) in [6.07, 6.45) is 9.55. The zero-order valence-corrected chi connectivity index (χ0v) is 20.5. The maximum Gasteiger partial charge on any atom is 0.300 e. The smallest absolute Gasteiger partial charge is 0.300 e. The molecule has 0 spiro atoms. The van der Waals surface area contributed by atoms with Crippen LogP contribution in [0.4, 0.5) is 0 Å². The van der Waals surface area contributed by atoms with Gasteiger partial charge in [0.1, 0.15) is 0 Å². The largest absolute Gasteiger partial charge is 0.309 e. The van der Waals surface area contributed by atoms with Crippen LogP contribution >= 0.6 is 0 Å². The second kappa shape index (κ2) is 8.14. The first-order chi connectivity index (χ1) is 18.8. The van der Waals surface area contributed by atoms with E-state index in [0.29, 0.717) is 0 Å². The molecule has 0 atom stereocenters. The number of nitrogens with zero attached hydrogens (tertiary/aromatic N) is 3. The fourth-order valence-electron chi connectivity index (χ4n) is 5.78. The van der Waals surface area contributed by atoms with Crippen LogP contribution < -0.4 is 4.67 Å². The third-order valence-corrected chi connectivity index (χ3v) is 7.64. The summed E-state index contributed by atoms with van der Waals surface area (Å²) in [6.45, 7) is 0. The van der Waals surface area contributed by atoms with Crippen molar-refractivity contribution in [3.63, 3.8) is 0 Å². The van der Waals surface area contributed by atoms with Gasteiger partial charge in [-0.3, -0.25) is 4.98 Å². The number of allylic oxidation sites excluding steroid dienone is 2. The highest BCUT2D eigenvalue weighted by Gasteiger charge is 2.18. The fourth-order valence-corrected chi connectivity index (χ4v) is 5.78. The van der Waals surface area contributed by atoms with E-state index in [9.17, 15) is 0 Å². The molecule has 2 aromatic heterocycles. The second-order valence-corrected chi connectivity index (χ2v) is 9.78. The molecule has 0 amide bonds. The molecule has 5 aromatic carbocycles. The molecule has 1 aliphatic rings. The van der Waals surface area contributed by atoms with Gasteiger partial charge in [0, 0.05) is 40.3 Å². The molecule has 0 radical (unpaired) electrons. The van der Waals surface area contributed by atoms with Crippen LogP contribution in [0.3, 0.4) is 0 Å². The van der Waals surface area contributed by atoms with Gasteiger partial charge in [-0.1, -0.05) is 66.7 Å². The average Bonchev–Trinajstić information content (AvgIpc) is 3.64. The monoisotopic (exact) mass is 484 g/mol. The number of hydrogen-bond donors (Lipinski definition) is 0. The third-order valence-electron chi connectivity index (χ3n) is 7.64. The molecule has 3 heteroatoms. The normalized spacial score (nSPS) is 12.8. The summed E-state index contributed by atoms with van der Waals surface area (Å²) < 4.78 is 6.74. The average molecular weight is 485 g/mol. The summed E-state index contributed by atoms with van der Waals surface area (Å²) in [5, 5.41) is 7.43. The van der Waals surface area contributed by atoms with Crippen molar-refractivity contribution in [2.45, 2.75) is 0 Å². The number of aromatic nitrogens is 2. The predicted octanol–water partition coefficient (Wildman–Crippen LogP) is 7.76. The molecule has 176 valence electrons. The van der Waals surface area contributed by atoms with E-state index in [2.05, 4.69) is 123 Å². The lowest BCUT2D eigenvalue weighted by molar-refractivity contribution is 1.19. The first-order valence-electron chi connectivity index (χ1n) is 12.8. The molecule has 1 aliphatic heterocycles. The Labute approximate surface area is 219 Å². The van der Waals surface area contributed by atoms with E-state index in [1.165, 1.54) is 60.0 Å². The lowest BCUT2D eigenvalue weighted by atomic mass is 9.99. The minimum absolute atomic E-state index is 1.13. The van der Waals surface area contributed by atoms with Crippen molar-refractivity contribution < 1.29 is 0 Å². The van der Waals surface area contributed by atoms with E-state index < -0.39 is 0 Å². The lowest BCUT2D eigenvalue weighted by Gasteiger charge is -2.12. The van der Waals surface area contributed by atoms with Crippen LogP contribution in [0.2, 0.25) is 0 Å². The van der Waals surface area contributed by atoms with E-state index in [4.69, 9.17) is 0 Å². The van der Waals surface area contributed by atoms with Crippen LogP contribution in [-0.4, -0.2) is 22.0 Å². The SMILES string of the molecule is C1=[N+]=CC(c2ccc3c4ccc5cc(-c6ccncc6)ccc5c4n(-c4ccc5ccccc5c4)c3c2)=C1. The lowest BCUT2D eigenvalue weighted by Crippen LogP contribution is -1.95. The molecular weight excluding hydrogens is 462 g/mol. The first-order valence-corrected chi connectivity index (χ1v) is 12.8. The van der Waals surface area contributed by atoms with Crippen molar-refractivity contribution in [2.75, 3.05) is 0 Å². The van der Waals surface area contributed by atoms with Gasteiger partial charge in [-0.05, 0) is 69.2 Å². The Kier molecular flexibility index (Phi) is 4.48. The van der Waals surface area contributed by atoms with Gasteiger partial charge in [0.25, 0.3) is 12.4 Å². The van der Waals surface area contributed by atoms with Crippen LogP contribution in [0.1, 0.15) is 5.56 Å². The first kappa shape index (κ1) is 20.9. The molecule has 38 heavy (non-hydrogen) atoms. The number of benzene rings is 5. The summed E-state index contributed by atoms with van der Waals surface area (Å²) in [6, 6.07) is 37.5. The fraction of sp³-hybridized carbons (Fsp3) is 0. The summed E-state index contributed by atoms with van der Waals surface area (Å²) in [5.74, 6) is 0. The molecule has 8 rings (SSSR count). The van der Waals surface area contributed by atoms with Gasteiger partial charge in [0.05, 0.1) is 16.6 Å². The number of rotatable bonds is 3. The van der Waals surface area contributed by atoms with Gasteiger partial charge < -0.3 is 4.57 Å². The molecule has 0 unspecified atom stereocenters. The van der Waals surface area contributed by atoms with Crippen LogP contribution in [-0.2, 0) is 0 Å². The van der Waals surface area contributed by atoms with E-state index in [-0.39, 0.29) is 0 Å². The van der Waals surface area contributed by atoms with Crippen LogP contribution in [0, 0.1) is 0 Å². The molecule has 0 saturated heterocycles. The van der Waals surface area contributed by atoms with Crippen LogP contribution in [0.15, 0.2) is 122 Å². The highest BCUT2D eigenvalue weighted by Crippen LogP contribution is 2.39. The zero-order valence-electron chi connectivity index (χ0n) is 20.5. The number of fused-ring (bicyclic) bond motifs is 6. The van der Waals surface area contributed by atoms with Gasteiger partial charge >= 0.3 is 0 Å². The highest BCUT2D eigenvalue weighted by atomic mass is 15.0. The summed E-state index contributed by atoms with van der Waals surface area (Å²) >= 11 is 0. The zero-order chi connectivity index (χ0) is 25.1. The van der Waals surface area contributed by atoms with Crippen molar-refractivity contribution in [1.29, 1.82) is 0 Å². The molecule has 0 aliphatic carbocycles. The van der Waals surface area contributed by atoms with Crippen LogP contribution in [0.25, 0.3) is 65.7 Å². The molecular formula is C35H22N3+. The van der Waals surface area contributed by atoms with Gasteiger partial charge in [0.2, 0.25) is 0 Å². The topological polar surface area (TPSA) is 31.9 Å². The quantitative estimate of drug-likeness (QED) is 0.236. The van der Waals surface area contributed by atoms with Gasteiger partial charge in [-0.25, -0.2) is 0 Å². The number of pyridine rings is 1. The van der Waals surface area contributed by atoms with E-state index >= 15 is 0 Å². The van der Waals surface area contributed by atoms with Crippen molar-refractivity contribution in [1.82, 2.24) is 14.2 Å². The third kappa shape index (κ3) is 3.17. The maximum absolute atomic E-state index is 4.30. The van der Waals surface area contributed by atoms with Gasteiger partial charge in [-0.2, -0.15) is 0 Å². The van der Waals surface area contributed by atoms with Crippen LogP contribution in [0.5, 0.6) is 0 Å². The van der Waals surface area contributed by atoms with E-state index in [0.717, 1.165) is 11.3 Å². The predicted molar refractivity (Wildman–Crippen MR) is 161 cm³/mol. The van der Waals surface area contributed by atoms with Crippen molar-refractivity contribution in [3.05, 3.63) is 127 Å². The standard InChI is InChI=1S/C35H22N3/c1-2-4-25-20-30(9-5-23(25)3-1)38-34-21-27(29-15-18-37-22-29)7-11-32(34)33-12-8-28-19-26(6-10-31(28)35(33)38)24-13-16-36-17-14-24/h1-22H/q+1. The van der Waals surface area contributed by atoms with Gasteiger partial charge in [-0.15, -0.1) is 4.67 Å². The molecule has 0 fully saturated rings. The Bertz CT molecular complexity index is 2160. The Morgan fingerprint density at radius 2 is 1.37 bits per heavy atom. The minimum Gasteiger partial charge on any atom is -0.309 e. The van der Waals surface area contributed by atoms with E-state index in [1.807, 2.05) is 24.8 Å². The summed E-state index contributed by atoms with van der Waals surface area (Å²) in [4.78, 5) is 4.18. The van der Waals surface area contributed by atoms with Crippen molar-refractivity contribution in [2.24, 2.45) is 0 Å². The molecule has 0 N–H and O–H groups in total. The number of hydrogen-bond acceptors (Lipinski definition) is 1. The van der Waals surface area contributed by atoms with E-state index in [1.54, 1.807) is 0 Å². The highest BCUT2D eigenvalue weighted by molar-refractivity contribution is 6.21. The minimum atomic E-state index is 1.13. The second-order valence-electron chi connectivity index (χ2n) is 9.78. The van der Waals surface area contributed by atoms with Gasteiger partial charge in [0.15, 0.2) is 0 Å².